The predicted molar refractivity (Wildman–Crippen MR) is 116 cm³/mol. The van der Waals surface area contributed by atoms with Gasteiger partial charge >= 0.3 is 0 Å². The number of hydrogen-bond donors (Lipinski definition) is 1. The molecule has 0 aliphatic rings. The third-order valence-corrected chi connectivity index (χ3v) is 6.53. The van der Waals surface area contributed by atoms with Gasteiger partial charge in [-0.3, -0.25) is 4.79 Å². The van der Waals surface area contributed by atoms with Crippen LogP contribution in [0.25, 0.3) is 21.5 Å². The molecule has 4 aromatic rings. The molecule has 0 unspecified atom stereocenters. The van der Waals surface area contributed by atoms with Gasteiger partial charge in [-0.1, -0.05) is 41.2 Å². The maximum atomic E-state index is 12.3. The molecule has 0 aliphatic carbocycles. The number of aryl methyl sites for hydroxylation is 2. The number of rotatable bonds is 6. The molecule has 1 amide bonds. The number of fused-ring (bicyclic) bond motifs is 1. The highest BCUT2D eigenvalue weighted by atomic mass is 32.2. The lowest BCUT2D eigenvalue weighted by Crippen LogP contribution is -2.12. The van der Waals surface area contributed by atoms with Crippen LogP contribution in [0.2, 0.25) is 0 Å². The van der Waals surface area contributed by atoms with E-state index in [4.69, 9.17) is 4.42 Å². The van der Waals surface area contributed by atoms with Crippen molar-refractivity contribution in [1.82, 2.24) is 9.97 Å². The van der Waals surface area contributed by atoms with Crippen LogP contribution in [0, 0.1) is 6.92 Å². The second-order valence-corrected chi connectivity index (χ2v) is 10.00. The maximum Gasteiger partial charge on any atom is 0.226 e. The number of aromatic nitrogens is 2. The number of nitrogens with one attached hydrogen (secondary N) is 1. The Morgan fingerprint density at radius 3 is 2.67 bits per heavy atom. The van der Waals surface area contributed by atoms with Crippen molar-refractivity contribution in [2.24, 2.45) is 0 Å². The van der Waals surface area contributed by atoms with Gasteiger partial charge in [-0.15, -0.1) is 0 Å². The molecule has 0 atom stereocenters. The number of anilines is 1. The van der Waals surface area contributed by atoms with Gasteiger partial charge in [0.2, 0.25) is 5.91 Å². The topological polar surface area (TPSA) is 102 Å². The summed E-state index contributed by atoms with van der Waals surface area (Å²) < 4.78 is 29.8. The van der Waals surface area contributed by atoms with Gasteiger partial charge in [0.05, 0.1) is 21.3 Å². The molecule has 0 bridgehead atoms. The molecule has 9 heteroatoms. The summed E-state index contributed by atoms with van der Waals surface area (Å²) in [4.78, 5) is 21.1. The van der Waals surface area contributed by atoms with E-state index in [0.717, 1.165) is 17.4 Å². The summed E-state index contributed by atoms with van der Waals surface area (Å²) in [5.74, 6) is 0.938. The first kappa shape index (κ1) is 20.2. The summed E-state index contributed by atoms with van der Waals surface area (Å²) in [5, 5.41) is 3.18. The van der Waals surface area contributed by atoms with Crippen LogP contribution in [-0.4, -0.2) is 30.5 Å². The molecule has 0 spiro atoms. The monoisotopic (exact) mass is 441 g/mol. The molecule has 0 saturated carbocycles. The molecular formula is C21H19N3O4S2. The molecule has 0 fully saturated rings. The maximum absolute atomic E-state index is 12.3. The van der Waals surface area contributed by atoms with E-state index in [-0.39, 0.29) is 17.2 Å². The Kier molecular flexibility index (Phi) is 5.40. The smallest absolute Gasteiger partial charge is 0.226 e. The minimum Gasteiger partial charge on any atom is -0.441 e. The molecule has 30 heavy (non-hydrogen) atoms. The molecule has 0 aliphatic heterocycles. The normalized spacial score (nSPS) is 11.7. The molecule has 0 saturated heterocycles. The fourth-order valence-corrected chi connectivity index (χ4v) is 4.51. The summed E-state index contributed by atoms with van der Waals surface area (Å²) in [6.45, 7) is 2.02. The van der Waals surface area contributed by atoms with Gasteiger partial charge in [-0.05, 0) is 25.1 Å². The minimum atomic E-state index is -3.29. The van der Waals surface area contributed by atoms with Crippen LogP contribution in [-0.2, 0) is 21.1 Å². The lowest BCUT2D eigenvalue weighted by molar-refractivity contribution is -0.116. The summed E-state index contributed by atoms with van der Waals surface area (Å²) in [5.41, 5.74) is 2.74. The van der Waals surface area contributed by atoms with Gasteiger partial charge in [-0.2, -0.15) is 0 Å². The summed E-state index contributed by atoms with van der Waals surface area (Å²) in [7, 11) is -3.29. The van der Waals surface area contributed by atoms with Crippen molar-refractivity contribution in [2.45, 2.75) is 24.7 Å². The summed E-state index contributed by atoms with van der Waals surface area (Å²) in [6, 6.07) is 12.7. The fraction of sp³-hybridized carbons (Fsp3) is 0.190. The van der Waals surface area contributed by atoms with E-state index in [1.165, 1.54) is 17.4 Å². The molecule has 2 heterocycles. The van der Waals surface area contributed by atoms with Crippen molar-refractivity contribution in [1.29, 1.82) is 0 Å². The van der Waals surface area contributed by atoms with Crippen molar-refractivity contribution in [2.75, 3.05) is 11.6 Å². The van der Waals surface area contributed by atoms with E-state index in [2.05, 4.69) is 15.3 Å². The van der Waals surface area contributed by atoms with Crippen molar-refractivity contribution in [3.63, 3.8) is 0 Å². The van der Waals surface area contributed by atoms with Crippen LogP contribution in [0.15, 0.2) is 58.0 Å². The first-order valence-corrected chi connectivity index (χ1v) is 11.9. The molecule has 4 rings (SSSR count). The standard InChI is InChI=1S/C21H19N3O4S2/c1-13-3-5-14(6-4-13)17-12-22-20(28-17)10-9-19(25)24-21-23-16-8-7-15(30(2,26)27)11-18(16)29-21/h3-8,11-12H,9-10H2,1-2H3,(H,23,24,25). The zero-order valence-electron chi connectivity index (χ0n) is 16.4. The Bertz CT molecular complexity index is 1320. The highest BCUT2D eigenvalue weighted by Gasteiger charge is 2.13. The summed E-state index contributed by atoms with van der Waals surface area (Å²) >= 11 is 1.23. The summed E-state index contributed by atoms with van der Waals surface area (Å²) in [6.07, 6.45) is 3.37. The lowest BCUT2D eigenvalue weighted by Gasteiger charge is -2.00. The van der Waals surface area contributed by atoms with E-state index in [9.17, 15) is 13.2 Å². The van der Waals surface area contributed by atoms with Gasteiger partial charge in [-0.25, -0.2) is 18.4 Å². The van der Waals surface area contributed by atoms with Gasteiger partial charge in [0, 0.05) is 24.7 Å². The minimum absolute atomic E-state index is 0.193. The van der Waals surface area contributed by atoms with E-state index >= 15 is 0 Å². The van der Waals surface area contributed by atoms with E-state index in [0.29, 0.717) is 33.4 Å². The molecule has 2 aromatic heterocycles. The predicted octanol–water partition coefficient (Wildman–Crippen LogP) is 4.23. The number of carbonyl (C=O) groups excluding carboxylic acids is 1. The molecule has 1 N–H and O–H groups in total. The number of oxazole rings is 1. The number of carbonyl (C=O) groups is 1. The molecule has 2 aromatic carbocycles. The average molecular weight is 442 g/mol. The number of amides is 1. The highest BCUT2D eigenvalue weighted by molar-refractivity contribution is 7.90. The largest absolute Gasteiger partial charge is 0.441 e. The Balaban J connectivity index is 1.39. The molecule has 154 valence electrons. The van der Waals surface area contributed by atoms with Crippen LogP contribution in [0.1, 0.15) is 17.9 Å². The zero-order chi connectivity index (χ0) is 21.3. The first-order valence-electron chi connectivity index (χ1n) is 9.20. The third kappa shape index (κ3) is 4.58. The van der Waals surface area contributed by atoms with Gasteiger partial charge in [0.25, 0.3) is 0 Å². The lowest BCUT2D eigenvalue weighted by atomic mass is 10.1. The third-order valence-electron chi connectivity index (χ3n) is 4.49. The number of hydrogen-bond acceptors (Lipinski definition) is 7. The van der Waals surface area contributed by atoms with Crippen LogP contribution in [0.4, 0.5) is 5.13 Å². The molecule has 7 nitrogen and oxygen atoms in total. The SMILES string of the molecule is Cc1ccc(-c2cnc(CCC(=O)Nc3nc4ccc(S(C)(=O)=O)cc4s3)o2)cc1. The number of benzene rings is 2. The van der Waals surface area contributed by atoms with Crippen molar-refractivity contribution < 1.29 is 17.6 Å². The molecule has 0 radical (unpaired) electrons. The Morgan fingerprint density at radius 1 is 1.17 bits per heavy atom. The van der Waals surface area contributed by atoms with Gasteiger partial charge in [0.1, 0.15) is 0 Å². The Morgan fingerprint density at radius 2 is 1.93 bits per heavy atom. The number of thiazole rings is 1. The van der Waals surface area contributed by atoms with E-state index in [1.54, 1.807) is 18.3 Å². The highest BCUT2D eigenvalue weighted by Crippen LogP contribution is 2.28. The van der Waals surface area contributed by atoms with Crippen LogP contribution < -0.4 is 5.32 Å². The van der Waals surface area contributed by atoms with Gasteiger partial charge in [0.15, 0.2) is 26.6 Å². The van der Waals surface area contributed by atoms with Crippen LogP contribution >= 0.6 is 11.3 Å². The number of nitrogens with zero attached hydrogens (tertiary/aromatic N) is 2. The molecular weight excluding hydrogens is 422 g/mol. The van der Waals surface area contributed by atoms with Crippen LogP contribution in [0.5, 0.6) is 0 Å². The first-order chi connectivity index (χ1) is 14.3. The number of sulfone groups is 1. The van der Waals surface area contributed by atoms with E-state index < -0.39 is 9.84 Å². The van der Waals surface area contributed by atoms with Crippen LogP contribution in [0.3, 0.4) is 0 Å². The zero-order valence-corrected chi connectivity index (χ0v) is 18.0. The fourth-order valence-electron chi connectivity index (χ4n) is 2.87. The van der Waals surface area contributed by atoms with Gasteiger partial charge < -0.3 is 9.73 Å². The second-order valence-electron chi connectivity index (χ2n) is 6.95. The second kappa shape index (κ2) is 8.00. The Hall–Kier alpha value is -3.04. The van der Waals surface area contributed by atoms with Crippen molar-refractivity contribution >= 4 is 42.4 Å². The average Bonchev–Trinajstić information content (AvgIpc) is 3.32. The quantitative estimate of drug-likeness (QED) is 0.480. The van der Waals surface area contributed by atoms with Crippen molar-refractivity contribution in [3.05, 3.63) is 60.1 Å². The Labute approximate surface area is 177 Å². The van der Waals surface area contributed by atoms with Crippen molar-refractivity contribution in [3.8, 4) is 11.3 Å². The van der Waals surface area contributed by atoms with E-state index in [1.807, 2.05) is 31.2 Å².